The summed E-state index contributed by atoms with van der Waals surface area (Å²) in [6, 6.07) is 10.0. The average molecular weight is 780 g/mol. The quantitative estimate of drug-likeness (QED) is 0.0403. The largest absolute Gasteiger partial charge is 0.370 e. The molecule has 17 heteroatoms. The minimum absolute atomic E-state index is 0.0125. The van der Waals surface area contributed by atoms with Crippen molar-refractivity contribution in [3.63, 3.8) is 0 Å². The van der Waals surface area contributed by atoms with Crippen molar-refractivity contribution < 1.29 is 28.4 Å². The summed E-state index contributed by atoms with van der Waals surface area (Å²) in [5, 5.41) is 10.9. The Morgan fingerprint density at radius 3 is 1.86 bits per heavy atom. The number of carbonyl (C=O) groups is 5. The van der Waals surface area contributed by atoms with Gasteiger partial charge >= 0.3 is 0 Å². The van der Waals surface area contributed by atoms with Gasteiger partial charge in [0.2, 0.25) is 29.5 Å². The molecule has 2 aromatic carbocycles. The number of benzene rings is 2. The number of hydrogen-bond donors (Lipinski definition) is 7. The van der Waals surface area contributed by atoms with Gasteiger partial charge in [-0.15, -0.1) is 0 Å². The third-order valence-electron chi connectivity index (χ3n) is 8.26. The maximum absolute atomic E-state index is 14.1. The summed E-state index contributed by atoms with van der Waals surface area (Å²) in [6.45, 7) is 4.03. The molecule has 0 bridgehead atoms. The van der Waals surface area contributed by atoms with Crippen LogP contribution in [0, 0.1) is 11.7 Å². The Morgan fingerprint density at radius 1 is 0.714 bits per heavy atom. The molecule has 0 radical (unpaired) electrons. The summed E-state index contributed by atoms with van der Waals surface area (Å²) in [5.41, 5.74) is 17.7. The van der Waals surface area contributed by atoms with Crippen LogP contribution in [0.1, 0.15) is 50.7 Å². The van der Waals surface area contributed by atoms with Crippen LogP contribution < -0.4 is 38.5 Å². The Labute approximate surface area is 328 Å². The first-order chi connectivity index (χ1) is 26.5. The van der Waals surface area contributed by atoms with E-state index in [1.807, 2.05) is 72.4 Å². The van der Waals surface area contributed by atoms with Crippen LogP contribution in [0.15, 0.2) is 70.7 Å². The molecule has 4 atom stereocenters. The van der Waals surface area contributed by atoms with E-state index in [0.717, 1.165) is 5.56 Å². The van der Waals surface area contributed by atoms with E-state index in [2.05, 4.69) is 31.3 Å². The summed E-state index contributed by atoms with van der Waals surface area (Å²) in [7, 11) is 7.26. The molecule has 0 saturated heterocycles. The Kier molecular flexibility index (Phi) is 19.5. The molecule has 0 heterocycles. The van der Waals surface area contributed by atoms with E-state index in [4.69, 9.17) is 17.2 Å². The molecule has 0 aliphatic rings. The van der Waals surface area contributed by atoms with Gasteiger partial charge in [-0.05, 0) is 60.9 Å². The Bertz CT molecular complexity index is 1670. The fraction of sp³-hybridized carbons (Fsp3) is 0.462. The highest BCUT2D eigenvalue weighted by molar-refractivity contribution is 5.98. The monoisotopic (exact) mass is 779 g/mol. The van der Waals surface area contributed by atoms with Crippen molar-refractivity contribution in [1.29, 1.82) is 0 Å². The second kappa shape index (κ2) is 23.7. The van der Waals surface area contributed by atoms with E-state index in [9.17, 15) is 28.4 Å². The molecule has 56 heavy (non-hydrogen) atoms. The Morgan fingerprint density at radius 2 is 1.29 bits per heavy atom. The van der Waals surface area contributed by atoms with Crippen LogP contribution in [0.2, 0.25) is 0 Å². The van der Waals surface area contributed by atoms with Gasteiger partial charge in [0.25, 0.3) is 0 Å². The van der Waals surface area contributed by atoms with Crippen LogP contribution in [-0.4, -0.2) is 117 Å². The van der Waals surface area contributed by atoms with Crippen LogP contribution in [-0.2, 0) is 30.4 Å². The van der Waals surface area contributed by atoms with Gasteiger partial charge in [0.1, 0.15) is 30.0 Å². The standard InChI is InChI=1S/C39H58FN11O5/c1-25(2)23-31(36(55)47-29(34(41)53)13-10-21-44-38(42)43)49-35(54)30(20-22-45-39(50(3)4)51(5)6)48-37(56)32(24-27-14-17-28(40)18-15-27)46-33(52)19-16-26-11-8-7-9-12-26/h7-9,11-12,14-19,25,29-32H,10,13,20-24H2,1-6H3,(H2,41,53)(H,46,52)(H,47,55)(H,48,56)(H,49,54)(H4,42,43,44)/b19-16+/t29-,30-,31-,32-/m0/s1. The summed E-state index contributed by atoms with van der Waals surface area (Å²) in [4.78, 5) is 79.1. The zero-order chi connectivity index (χ0) is 41.8. The number of nitrogens with one attached hydrogen (secondary N) is 4. The molecular formula is C39H58FN11O5. The Hall–Kier alpha value is -6.00. The first-order valence-corrected chi connectivity index (χ1v) is 18.4. The van der Waals surface area contributed by atoms with E-state index in [1.54, 1.807) is 15.9 Å². The molecule has 2 rings (SSSR count). The average Bonchev–Trinajstić information content (AvgIpc) is 3.13. The van der Waals surface area contributed by atoms with Gasteiger partial charge in [-0.2, -0.15) is 0 Å². The highest BCUT2D eigenvalue weighted by Gasteiger charge is 2.31. The summed E-state index contributed by atoms with van der Waals surface area (Å²) in [6.07, 6.45) is 3.57. The van der Waals surface area contributed by atoms with Crippen LogP contribution in [0.5, 0.6) is 0 Å². The van der Waals surface area contributed by atoms with Gasteiger partial charge < -0.3 is 48.3 Å². The predicted octanol–water partition coefficient (Wildman–Crippen LogP) is 0.475. The molecule has 0 fully saturated rings. The SMILES string of the molecule is CC(C)C[C@H](NC(=O)[C@H](CCN=C(N(C)C)N(C)C)NC(=O)[C@H](Cc1ccc(F)cc1)NC(=O)/C=C/c1ccccc1)C(=O)N[C@@H](CCCN=C(N)N)C(N)=O. The van der Waals surface area contributed by atoms with E-state index in [0.29, 0.717) is 17.9 Å². The topological polar surface area (TPSA) is 243 Å². The van der Waals surface area contributed by atoms with Gasteiger partial charge in [0.15, 0.2) is 11.9 Å². The molecule has 10 N–H and O–H groups in total. The number of aliphatic imine (C=N–C) groups is 2. The second-order valence-electron chi connectivity index (χ2n) is 14.1. The van der Waals surface area contributed by atoms with Crippen molar-refractivity contribution in [3.8, 4) is 0 Å². The summed E-state index contributed by atoms with van der Waals surface area (Å²) < 4.78 is 13.8. The molecular weight excluding hydrogens is 721 g/mol. The third-order valence-corrected chi connectivity index (χ3v) is 8.26. The number of primary amides is 1. The molecule has 0 unspecified atom stereocenters. The molecule has 0 aliphatic carbocycles. The number of nitrogens with zero attached hydrogens (tertiary/aromatic N) is 4. The van der Waals surface area contributed by atoms with Gasteiger partial charge in [-0.3, -0.25) is 34.0 Å². The lowest BCUT2D eigenvalue weighted by molar-refractivity contribution is -0.134. The molecule has 0 saturated carbocycles. The van der Waals surface area contributed by atoms with Gasteiger partial charge in [0, 0.05) is 53.8 Å². The summed E-state index contributed by atoms with van der Waals surface area (Å²) in [5.74, 6) is -3.41. The minimum atomic E-state index is -1.22. The second-order valence-corrected chi connectivity index (χ2v) is 14.1. The fourth-order valence-electron chi connectivity index (χ4n) is 5.58. The molecule has 0 aromatic heterocycles. The number of carbonyl (C=O) groups excluding carboxylic acids is 5. The van der Waals surface area contributed by atoms with Crippen LogP contribution in [0.25, 0.3) is 6.08 Å². The van der Waals surface area contributed by atoms with E-state index in [1.165, 1.54) is 30.3 Å². The van der Waals surface area contributed by atoms with E-state index in [-0.39, 0.29) is 50.7 Å². The third kappa shape index (κ3) is 17.4. The molecule has 306 valence electrons. The highest BCUT2D eigenvalue weighted by Crippen LogP contribution is 2.11. The highest BCUT2D eigenvalue weighted by atomic mass is 19.1. The molecule has 0 spiro atoms. The normalized spacial score (nSPS) is 13.1. The minimum Gasteiger partial charge on any atom is -0.370 e. The number of rotatable bonds is 21. The van der Waals surface area contributed by atoms with Crippen molar-refractivity contribution >= 4 is 47.5 Å². The van der Waals surface area contributed by atoms with Crippen molar-refractivity contribution in [2.45, 2.75) is 70.1 Å². The molecule has 16 nitrogen and oxygen atoms in total. The maximum atomic E-state index is 14.1. The number of halogens is 1. The summed E-state index contributed by atoms with van der Waals surface area (Å²) >= 11 is 0. The first-order valence-electron chi connectivity index (χ1n) is 18.4. The predicted molar refractivity (Wildman–Crippen MR) is 216 cm³/mol. The smallest absolute Gasteiger partial charge is 0.244 e. The zero-order valence-electron chi connectivity index (χ0n) is 33.1. The number of hydrogen-bond acceptors (Lipinski definition) is 7. The van der Waals surface area contributed by atoms with Gasteiger partial charge in [-0.25, -0.2) is 4.39 Å². The van der Waals surface area contributed by atoms with E-state index < -0.39 is 59.5 Å². The fourth-order valence-corrected chi connectivity index (χ4v) is 5.58. The number of guanidine groups is 2. The maximum Gasteiger partial charge on any atom is 0.244 e. The lowest BCUT2D eigenvalue weighted by atomic mass is 10.0. The number of nitrogens with two attached hydrogens (primary N) is 3. The van der Waals surface area contributed by atoms with E-state index >= 15 is 0 Å². The lowest BCUT2D eigenvalue weighted by Crippen LogP contribution is -2.58. The lowest BCUT2D eigenvalue weighted by Gasteiger charge is -2.27. The van der Waals surface area contributed by atoms with Gasteiger partial charge in [0.05, 0.1) is 0 Å². The van der Waals surface area contributed by atoms with Gasteiger partial charge in [-0.1, -0.05) is 56.3 Å². The van der Waals surface area contributed by atoms with Crippen molar-refractivity contribution in [2.75, 3.05) is 41.3 Å². The molecule has 2 aromatic rings. The molecule has 5 amide bonds. The van der Waals surface area contributed by atoms with Crippen LogP contribution in [0.4, 0.5) is 4.39 Å². The molecule has 0 aliphatic heterocycles. The first kappa shape index (κ1) is 46.2. The zero-order valence-corrected chi connectivity index (χ0v) is 33.1. The van der Waals surface area contributed by atoms with Crippen LogP contribution in [0.3, 0.4) is 0 Å². The van der Waals surface area contributed by atoms with Crippen molar-refractivity contribution in [3.05, 3.63) is 77.6 Å². The number of amides is 5. The van der Waals surface area contributed by atoms with Crippen LogP contribution >= 0.6 is 0 Å². The van der Waals surface area contributed by atoms with Crippen molar-refractivity contribution in [2.24, 2.45) is 33.1 Å². The Balaban J connectivity index is 2.41. The van der Waals surface area contributed by atoms with Crippen molar-refractivity contribution in [1.82, 2.24) is 31.1 Å².